The molecule has 0 aliphatic rings. The molecule has 0 radical (unpaired) electrons. The van der Waals surface area contributed by atoms with E-state index in [-0.39, 0.29) is 5.02 Å². The van der Waals surface area contributed by atoms with Gasteiger partial charge in [-0.3, -0.25) is 0 Å². The molecular formula is C9H8ClF3NO-. The zero-order chi connectivity index (χ0) is 11.5. The van der Waals surface area contributed by atoms with E-state index in [0.29, 0.717) is 6.54 Å². The average Bonchev–Trinajstić information content (AvgIpc) is 2.08. The summed E-state index contributed by atoms with van der Waals surface area (Å²) < 4.78 is 39.3. The maximum absolute atomic E-state index is 11.9. The molecule has 0 saturated heterocycles. The predicted octanol–water partition coefficient (Wildman–Crippen LogP) is 3.74. The zero-order valence-electron chi connectivity index (χ0n) is 7.81. The minimum Gasteiger partial charge on any atom is -0.661 e. The Morgan fingerprint density at radius 1 is 1.40 bits per heavy atom. The summed E-state index contributed by atoms with van der Waals surface area (Å²) in [5, 5.41) is 3.75. The summed E-state index contributed by atoms with van der Waals surface area (Å²) in [5.41, 5.74) is 0.733. The summed E-state index contributed by atoms with van der Waals surface area (Å²) in [7, 11) is 1.61. The van der Waals surface area contributed by atoms with E-state index in [1.54, 1.807) is 7.05 Å². The highest BCUT2D eigenvalue weighted by molar-refractivity contribution is 6.32. The van der Waals surface area contributed by atoms with Crippen molar-refractivity contribution in [3.8, 4) is 5.75 Å². The first-order valence-electron chi connectivity index (χ1n) is 4.02. The summed E-state index contributed by atoms with van der Waals surface area (Å²) in [5.74, 6) is -0.399. The van der Waals surface area contributed by atoms with Crippen molar-refractivity contribution in [3.05, 3.63) is 34.1 Å². The molecule has 15 heavy (non-hydrogen) atoms. The predicted molar refractivity (Wildman–Crippen MR) is 51.1 cm³/mol. The van der Waals surface area contributed by atoms with Gasteiger partial charge in [0, 0.05) is 0 Å². The highest BCUT2D eigenvalue weighted by atomic mass is 35.5. The second-order valence-corrected chi connectivity index (χ2v) is 3.19. The van der Waals surface area contributed by atoms with Crippen LogP contribution in [0.25, 0.3) is 5.32 Å². The number of halogens is 4. The van der Waals surface area contributed by atoms with E-state index in [9.17, 15) is 13.2 Å². The van der Waals surface area contributed by atoms with Gasteiger partial charge in [-0.05, 0) is 12.1 Å². The maximum atomic E-state index is 11.9. The largest absolute Gasteiger partial charge is 0.661 e. The highest BCUT2D eigenvalue weighted by Gasteiger charge is 2.31. The van der Waals surface area contributed by atoms with Gasteiger partial charge < -0.3 is 10.1 Å². The van der Waals surface area contributed by atoms with Gasteiger partial charge in [0.1, 0.15) is 5.75 Å². The fourth-order valence-electron chi connectivity index (χ4n) is 1.03. The molecule has 0 amide bonds. The molecule has 0 bridgehead atoms. The van der Waals surface area contributed by atoms with E-state index < -0.39 is 12.1 Å². The van der Waals surface area contributed by atoms with E-state index in [1.165, 1.54) is 18.2 Å². The molecule has 0 aliphatic heterocycles. The van der Waals surface area contributed by atoms with E-state index in [4.69, 9.17) is 11.6 Å². The molecule has 0 saturated carbocycles. The van der Waals surface area contributed by atoms with Crippen LogP contribution in [0.4, 0.5) is 13.2 Å². The van der Waals surface area contributed by atoms with Crippen LogP contribution in [0.5, 0.6) is 5.75 Å². The monoisotopic (exact) mass is 238 g/mol. The molecule has 6 heteroatoms. The third-order valence-corrected chi connectivity index (χ3v) is 1.86. The second-order valence-electron chi connectivity index (χ2n) is 2.79. The van der Waals surface area contributed by atoms with Crippen LogP contribution in [0.2, 0.25) is 5.02 Å². The number of benzene rings is 1. The van der Waals surface area contributed by atoms with E-state index >= 15 is 0 Å². The normalized spacial score (nSPS) is 11.5. The van der Waals surface area contributed by atoms with Crippen molar-refractivity contribution in [1.82, 2.24) is 0 Å². The molecule has 0 atom stereocenters. The smallest absolute Gasteiger partial charge is 0.573 e. The van der Waals surface area contributed by atoms with Crippen molar-refractivity contribution >= 4 is 11.6 Å². The Kier molecular flexibility index (Phi) is 3.82. The van der Waals surface area contributed by atoms with Crippen LogP contribution in [0, 0.1) is 0 Å². The third-order valence-electron chi connectivity index (χ3n) is 1.56. The number of alkyl halides is 3. The molecule has 1 aromatic carbocycles. The molecule has 1 rings (SSSR count). The molecule has 0 fully saturated rings. The van der Waals surface area contributed by atoms with Crippen LogP contribution in [-0.4, -0.2) is 13.4 Å². The lowest BCUT2D eigenvalue weighted by Gasteiger charge is -2.14. The van der Waals surface area contributed by atoms with Crippen molar-refractivity contribution in [1.29, 1.82) is 0 Å². The Morgan fingerprint density at radius 2 is 2.07 bits per heavy atom. The van der Waals surface area contributed by atoms with Crippen molar-refractivity contribution in [2.24, 2.45) is 0 Å². The summed E-state index contributed by atoms with van der Waals surface area (Å²) in [6.45, 7) is 0.409. The van der Waals surface area contributed by atoms with Gasteiger partial charge in [0.05, 0.1) is 5.02 Å². The quantitative estimate of drug-likeness (QED) is 0.787. The van der Waals surface area contributed by atoms with Gasteiger partial charge in [-0.25, -0.2) is 0 Å². The summed E-state index contributed by atoms with van der Waals surface area (Å²) in [4.78, 5) is 0. The number of rotatable bonds is 3. The molecule has 0 spiro atoms. The van der Waals surface area contributed by atoms with E-state index in [0.717, 1.165) is 5.56 Å². The Hall–Kier alpha value is -0.940. The van der Waals surface area contributed by atoms with Gasteiger partial charge in [-0.2, -0.15) is 7.05 Å². The standard InChI is InChI=1S/C9H8ClF3NO/c1-14-5-6-2-3-8(7(10)4-6)15-9(11,12)13/h2-4H,5H2,1H3/q-1. The average molecular weight is 239 g/mol. The van der Waals surface area contributed by atoms with Crippen molar-refractivity contribution in [2.45, 2.75) is 12.9 Å². The molecular weight excluding hydrogens is 231 g/mol. The van der Waals surface area contributed by atoms with Gasteiger partial charge in [0.15, 0.2) is 0 Å². The first-order chi connectivity index (χ1) is 6.92. The molecule has 0 heterocycles. The zero-order valence-corrected chi connectivity index (χ0v) is 8.56. The molecule has 0 aliphatic carbocycles. The fourth-order valence-corrected chi connectivity index (χ4v) is 1.27. The number of nitrogens with zero attached hydrogens (tertiary/aromatic N) is 1. The highest BCUT2D eigenvalue weighted by Crippen LogP contribution is 2.30. The molecule has 2 nitrogen and oxygen atoms in total. The van der Waals surface area contributed by atoms with Crippen LogP contribution >= 0.6 is 11.6 Å². The van der Waals surface area contributed by atoms with Crippen molar-refractivity contribution in [2.75, 3.05) is 7.05 Å². The summed E-state index contributed by atoms with van der Waals surface area (Å²) in [6, 6.07) is 4.06. The van der Waals surface area contributed by atoms with E-state index in [2.05, 4.69) is 10.1 Å². The van der Waals surface area contributed by atoms with Crippen LogP contribution in [-0.2, 0) is 6.54 Å². The van der Waals surface area contributed by atoms with Crippen molar-refractivity contribution < 1.29 is 17.9 Å². The molecule has 0 unspecified atom stereocenters. The van der Waals surface area contributed by atoms with Gasteiger partial charge >= 0.3 is 6.36 Å². The lowest BCUT2D eigenvalue weighted by molar-refractivity contribution is -0.274. The first kappa shape index (κ1) is 12.1. The lowest BCUT2D eigenvalue weighted by atomic mass is 10.2. The molecule has 84 valence electrons. The topological polar surface area (TPSA) is 23.3 Å². The summed E-state index contributed by atoms with van der Waals surface area (Å²) in [6.07, 6.45) is -4.72. The van der Waals surface area contributed by atoms with Crippen LogP contribution in [0.1, 0.15) is 5.56 Å². The van der Waals surface area contributed by atoms with Gasteiger partial charge in [-0.1, -0.05) is 23.2 Å². The second kappa shape index (κ2) is 4.72. The van der Waals surface area contributed by atoms with Crippen LogP contribution in [0.3, 0.4) is 0 Å². The maximum Gasteiger partial charge on any atom is 0.573 e. The van der Waals surface area contributed by atoms with Gasteiger partial charge in [0.2, 0.25) is 0 Å². The lowest BCUT2D eigenvalue weighted by Crippen LogP contribution is -2.17. The fraction of sp³-hybridized carbons (Fsp3) is 0.333. The van der Waals surface area contributed by atoms with Crippen LogP contribution < -0.4 is 4.74 Å². The van der Waals surface area contributed by atoms with Gasteiger partial charge in [0.25, 0.3) is 0 Å². The third kappa shape index (κ3) is 3.97. The number of hydrogen-bond donors (Lipinski definition) is 0. The van der Waals surface area contributed by atoms with Crippen molar-refractivity contribution in [3.63, 3.8) is 0 Å². The van der Waals surface area contributed by atoms with Gasteiger partial charge in [-0.15, -0.1) is 19.7 Å². The first-order valence-corrected chi connectivity index (χ1v) is 4.40. The number of hydrogen-bond acceptors (Lipinski definition) is 1. The SMILES string of the molecule is C[N-]Cc1ccc(OC(F)(F)F)c(Cl)c1. The molecule has 1 aromatic rings. The minimum atomic E-state index is -4.72. The Labute approximate surface area is 90.0 Å². The Balaban J connectivity index is 2.84. The minimum absolute atomic E-state index is 0.0755. The molecule has 0 N–H and O–H groups in total. The van der Waals surface area contributed by atoms with E-state index in [1.807, 2.05) is 0 Å². The Bertz CT molecular complexity index is 341. The summed E-state index contributed by atoms with van der Waals surface area (Å²) >= 11 is 5.60. The molecule has 0 aromatic heterocycles. The Morgan fingerprint density at radius 3 is 2.53 bits per heavy atom. The van der Waals surface area contributed by atoms with Crippen LogP contribution in [0.15, 0.2) is 18.2 Å². The number of ether oxygens (including phenoxy) is 1.